The number of nitrogens with one attached hydrogen (secondary N) is 2. The molecule has 10 heteroatoms. The highest BCUT2D eigenvalue weighted by atomic mass is 32.2. The Balaban J connectivity index is 2.00. The SMILES string of the molecule is CC(C)CC(=O)Nc1ccc(C(=O)COC(=O)[C@@H](NS(=O)(=O)c2ccccc2F)C(C)C)cc1. The number of ether oxygens (including phenoxy) is 1. The van der Waals surface area contributed by atoms with Gasteiger partial charge in [-0.2, -0.15) is 4.72 Å². The highest BCUT2D eigenvalue weighted by molar-refractivity contribution is 7.89. The monoisotopic (exact) mass is 492 g/mol. The Kier molecular flexibility index (Phi) is 9.46. The molecule has 0 aliphatic heterocycles. The van der Waals surface area contributed by atoms with E-state index in [0.29, 0.717) is 12.1 Å². The number of rotatable bonds is 11. The van der Waals surface area contributed by atoms with E-state index >= 15 is 0 Å². The number of esters is 1. The number of Topliss-reactive ketones (excluding diaryl/α,β-unsaturated/α-hetero) is 1. The molecular formula is C24H29FN2O6S. The van der Waals surface area contributed by atoms with Gasteiger partial charge in [-0.1, -0.05) is 39.8 Å². The van der Waals surface area contributed by atoms with Gasteiger partial charge in [-0.15, -0.1) is 0 Å². The Hall–Kier alpha value is -3.11. The Labute approximate surface area is 198 Å². The molecule has 0 aromatic heterocycles. The smallest absolute Gasteiger partial charge is 0.324 e. The van der Waals surface area contributed by atoms with E-state index in [9.17, 15) is 27.2 Å². The molecule has 2 rings (SSSR count). The average Bonchev–Trinajstić information content (AvgIpc) is 2.75. The molecule has 34 heavy (non-hydrogen) atoms. The fourth-order valence-corrected chi connectivity index (χ4v) is 4.39. The van der Waals surface area contributed by atoms with E-state index < -0.39 is 51.1 Å². The molecule has 0 fully saturated rings. The average molecular weight is 493 g/mol. The number of anilines is 1. The van der Waals surface area contributed by atoms with Crippen LogP contribution in [-0.2, 0) is 24.3 Å². The minimum atomic E-state index is -4.34. The van der Waals surface area contributed by atoms with Gasteiger partial charge in [0.05, 0.1) is 0 Å². The maximum absolute atomic E-state index is 13.9. The molecule has 0 saturated carbocycles. The summed E-state index contributed by atoms with van der Waals surface area (Å²) in [5, 5.41) is 2.73. The molecule has 0 aliphatic carbocycles. The first-order valence-electron chi connectivity index (χ1n) is 10.8. The molecule has 0 aliphatic rings. The quantitative estimate of drug-likeness (QED) is 0.366. The van der Waals surface area contributed by atoms with E-state index in [4.69, 9.17) is 4.74 Å². The maximum atomic E-state index is 13.9. The lowest BCUT2D eigenvalue weighted by atomic mass is 10.1. The summed E-state index contributed by atoms with van der Waals surface area (Å²) in [6.07, 6.45) is 0.369. The number of hydrogen-bond donors (Lipinski definition) is 2. The number of amides is 1. The standard InChI is InChI=1S/C24H29FN2O6S/c1-15(2)13-22(29)26-18-11-9-17(10-12-18)20(28)14-33-24(30)23(16(3)4)27-34(31,32)21-8-6-5-7-19(21)25/h5-12,15-16,23,27H,13-14H2,1-4H3,(H,26,29)/t23-/m0/s1. The van der Waals surface area contributed by atoms with Crippen LogP contribution in [0.15, 0.2) is 53.4 Å². The zero-order valence-electron chi connectivity index (χ0n) is 19.5. The molecule has 1 atom stereocenters. The van der Waals surface area contributed by atoms with Crippen molar-refractivity contribution in [1.82, 2.24) is 4.72 Å². The van der Waals surface area contributed by atoms with Crippen LogP contribution in [0.4, 0.5) is 10.1 Å². The van der Waals surface area contributed by atoms with Crippen LogP contribution in [0.1, 0.15) is 44.5 Å². The Morgan fingerprint density at radius 1 is 0.971 bits per heavy atom. The topological polar surface area (TPSA) is 119 Å². The van der Waals surface area contributed by atoms with Crippen molar-refractivity contribution >= 4 is 33.4 Å². The fourth-order valence-electron chi connectivity index (χ4n) is 2.98. The molecule has 1 amide bonds. The summed E-state index contributed by atoms with van der Waals surface area (Å²) in [5.74, 6) is -2.88. The van der Waals surface area contributed by atoms with Gasteiger partial charge >= 0.3 is 5.97 Å². The van der Waals surface area contributed by atoms with Crippen LogP contribution in [0, 0.1) is 17.7 Å². The molecule has 8 nitrogen and oxygen atoms in total. The number of benzene rings is 2. The molecule has 0 saturated heterocycles. The van der Waals surface area contributed by atoms with Crippen LogP contribution >= 0.6 is 0 Å². The first-order valence-corrected chi connectivity index (χ1v) is 12.3. The molecule has 184 valence electrons. The summed E-state index contributed by atoms with van der Waals surface area (Å²) in [5.41, 5.74) is 0.782. The predicted molar refractivity (Wildman–Crippen MR) is 125 cm³/mol. The second-order valence-corrected chi connectivity index (χ2v) is 10.2. The van der Waals surface area contributed by atoms with Gasteiger partial charge < -0.3 is 10.1 Å². The molecule has 0 bridgehead atoms. The molecule has 0 spiro atoms. The zero-order chi connectivity index (χ0) is 25.5. The van der Waals surface area contributed by atoms with Crippen LogP contribution < -0.4 is 10.0 Å². The third kappa shape index (κ3) is 7.74. The lowest BCUT2D eigenvalue weighted by Crippen LogP contribution is -2.45. The third-order valence-electron chi connectivity index (χ3n) is 4.76. The van der Waals surface area contributed by atoms with Crippen LogP contribution in [0.5, 0.6) is 0 Å². The van der Waals surface area contributed by atoms with Gasteiger partial charge in [0.1, 0.15) is 16.8 Å². The molecule has 0 heterocycles. The molecule has 2 aromatic carbocycles. The normalized spacial score (nSPS) is 12.4. The Morgan fingerprint density at radius 3 is 2.15 bits per heavy atom. The van der Waals surface area contributed by atoms with Crippen molar-refractivity contribution in [1.29, 1.82) is 0 Å². The van der Waals surface area contributed by atoms with Crippen molar-refractivity contribution in [2.24, 2.45) is 11.8 Å². The number of carbonyl (C=O) groups excluding carboxylic acids is 3. The Morgan fingerprint density at radius 2 is 1.59 bits per heavy atom. The van der Waals surface area contributed by atoms with Crippen molar-refractivity contribution in [2.75, 3.05) is 11.9 Å². The molecule has 0 unspecified atom stereocenters. The van der Waals surface area contributed by atoms with E-state index in [-0.39, 0.29) is 17.4 Å². The predicted octanol–water partition coefficient (Wildman–Crippen LogP) is 3.54. The lowest BCUT2D eigenvalue weighted by molar-refractivity contribution is -0.145. The molecule has 0 radical (unpaired) electrons. The second kappa shape index (κ2) is 11.8. The fraction of sp³-hybridized carbons (Fsp3) is 0.375. The first kappa shape index (κ1) is 27.1. The molecule has 2 N–H and O–H groups in total. The highest BCUT2D eigenvalue weighted by Crippen LogP contribution is 2.17. The summed E-state index contributed by atoms with van der Waals surface area (Å²) in [4.78, 5) is 36.2. The summed E-state index contributed by atoms with van der Waals surface area (Å²) in [7, 11) is -4.34. The largest absolute Gasteiger partial charge is 0.456 e. The zero-order valence-corrected chi connectivity index (χ0v) is 20.3. The highest BCUT2D eigenvalue weighted by Gasteiger charge is 2.31. The summed E-state index contributed by atoms with van der Waals surface area (Å²) < 4.78 is 46.2. The summed E-state index contributed by atoms with van der Waals surface area (Å²) >= 11 is 0. The minimum absolute atomic E-state index is 0.138. The number of ketones is 1. The van der Waals surface area contributed by atoms with Crippen molar-refractivity contribution in [3.8, 4) is 0 Å². The van der Waals surface area contributed by atoms with E-state index in [1.165, 1.54) is 24.3 Å². The molecule has 2 aromatic rings. The third-order valence-corrected chi connectivity index (χ3v) is 6.23. The van der Waals surface area contributed by atoms with Crippen LogP contribution in [-0.4, -0.2) is 38.7 Å². The lowest BCUT2D eigenvalue weighted by Gasteiger charge is -2.20. The molecular weight excluding hydrogens is 463 g/mol. The summed E-state index contributed by atoms with van der Waals surface area (Å²) in [6.45, 7) is 6.42. The van der Waals surface area contributed by atoms with Crippen molar-refractivity contribution < 1.29 is 31.9 Å². The Bertz CT molecular complexity index is 1130. The number of sulfonamides is 1. The van der Waals surface area contributed by atoms with Gasteiger partial charge in [0.15, 0.2) is 12.4 Å². The van der Waals surface area contributed by atoms with Gasteiger partial charge in [0.25, 0.3) is 0 Å². The van der Waals surface area contributed by atoms with E-state index in [0.717, 1.165) is 12.1 Å². The van der Waals surface area contributed by atoms with Gasteiger partial charge in [-0.25, -0.2) is 12.8 Å². The van der Waals surface area contributed by atoms with Gasteiger partial charge in [-0.05, 0) is 48.2 Å². The van der Waals surface area contributed by atoms with Gasteiger partial charge in [-0.3, -0.25) is 14.4 Å². The number of hydrogen-bond acceptors (Lipinski definition) is 6. The van der Waals surface area contributed by atoms with E-state index in [2.05, 4.69) is 10.0 Å². The second-order valence-electron chi connectivity index (χ2n) is 8.53. The van der Waals surface area contributed by atoms with Gasteiger partial charge in [0, 0.05) is 17.7 Å². The van der Waals surface area contributed by atoms with Crippen molar-refractivity contribution in [3.05, 3.63) is 59.9 Å². The summed E-state index contributed by atoms with van der Waals surface area (Å²) in [6, 6.07) is 9.57. The van der Waals surface area contributed by atoms with Gasteiger partial charge in [0.2, 0.25) is 15.9 Å². The van der Waals surface area contributed by atoms with Crippen LogP contribution in [0.25, 0.3) is 0 Å². The van der Waals surface area contributed by atoms with Crippen molar-refractivity contribution in [3.63, 3.8) is 0 Å². The van der Waals surface area contributed by atoms with Crippen LogP contribution in [0.2, 0.25) is 0 Å². The first-order chi connectivity index (χ1) is 15.9. The van der Waals surface area contributed by atoms with E-state index in [1.54, 1.807) is 26.0 Å². The minimum Gasteiger partial charge on any atom is -0.456 e. The number of halogens is 1. The number of carbonyl (C=O) groups is 3. The van der Waals surface area contributed by atoms with Crippen molar-refractivity contribution in [2.45, 2.75) is 45.1 Å². The maximum Gasteiger partial charge on any atom is 0.324 e. The van der Waals surface area contributed by atoms with Crippen LogP contribution in [0.3, 0.4) is 0 Å². The van der Waals surface area contributed by atoms with E-state index in [1.807, 2.05) is 13.8 Å².